The van der Waals surface area contributed by atoms with Gasteiger partial charge in [-0.05, 0) is 6.42 Å². The van der Waals surface area contributed by atoms with Crippen molar-refractivity contribution in [2.75, 3.05) is 26.4 Å². The lowest BCUT2D eigenvalue weighted by atomic mass is 10.1. The van der Waals surface area contributed by atoms with Crippen LogP contribution in [0.5, 0.6) is 0 Å². The molecule has 1 rings (SSSR count). The van der Waals surface area contributed by atoms with E-state index in [4.69, 9.17) is 19.3 Å². The molecule has 4 heteroatoms. The molecule has 0 aromatic rings. The van der Waals surface area contributed by atoms with Gasteiger partial charge in [0.2, 0.25) is 0 Å². The minimum absolute atomic E-state index is 0.00974. The number of hydrogen-bond acceptors (Lipinski definition) is 4. The van der Waals surface area contributed by atoms with Crippen LogP contribution >= 0.6 is 0 Å². The Bertz CT molecular complexity index is 248. The molecule has 1 saturated heterocycles. The number of aliphatic hydroxyl groups excluding tert-OH is 1. The molecular formula is C19H38O4. The van der Waals surface area contributed by atoms with Gasteiger partial charge < -0.3 is 19.3 Å². The van der Waals surface area contributed by atoms with Gasteiger partial charge in [0.15, 0.2) is 6.29 Å². The topological polar surface area (TPSA) is 47.9 Å². The maximum Gasteiger partial charge on any atom is 0.181 e. The molecule has 4 nitrogen and oxygen atoms in total. The van der Waals surface area contributed by atoms with Crippen molar-refractivity contribution in [3.05, 3.63) is 0 Å². The molecule has 1 aliphatic heterocycles. The van der Waals surface area contributed by atoms with Crippen LogP contribution in [0.1, 0.15) is 84.0 Å². The van der Waals surface area contributed by atoms with Gasteiger partial charge in [-0.3, -0.25) is 0 Å². The van der Waals surface area contributed by atoms with E-state index in [1.54, 1.807) is 0 Å². The highest BCUT2D eigenvalue weighted by molar-refractivity contribution is 4.63. The van der Waals surface area contributed by atoms with E-state index in [0.717, 1.165) is 13.0 Å². The Labute approximate surface area is 142 Å². The Morgan fingerprint density at radius 2 is 1.43 bits per heavy atom. The average Bonchev–Trinajstić information content (AvgIpc) is 3.03. The SMILES string of the molecule is CCCCCCCCCCCCCCOC[C@H]1CO[C@@H](CO)O1. The van der Waals surface area contributed by atoms with Gasteiger partial charge in [0.1, 0.15) is 6.10 Å². The Hall–Kier alpha value is -0.160. The Morgan fingerprint density at radius 1 is 0.870 bits per heavy atom. The normalized spacial score (nSPS) is 21.1. The fourth-order valence-corrected chi connectivity index (χ4v) is 2.95. The van der Waals surface area contributed by atoms with Gasteiger partial charge in [-0.2, -0.15) is 0 Å². The van der Waals surface area contributed by atoms with Gasteiger partial charge in [0.25, 0.3) is 0 Å². The van der Waals surface area contributed by atoms with Crippen molar-refractivity contribution in [3.63, 3.8) is 0 Å². The Morgan fingerprint density at radius 3 is 1.96 bits per heavy atom. The smallest absolute Gasteiger partial charge is 0.181 e. The lowest BCUT2D eigenvalue weighted by Crippen LogP contribution is -2.20. The maximum absolute atomic E-state index is 8.89. The molecule has 0 bridgehead atoms. The first-order valence-electron chi connectivity index (χ1n) is 9.82. The number of hydrogen-bond donors (Lipinski definition) is 1. The van der Waals surface area contributed by atoms with E-state index in [1.165, 1.54) is 70.6 Å². The predicted octanol–water partition coefficient (Wildman–Crippen LogP) is 4.44. The highest BCUT2D eigenvalue weighted by atomic mass is 16.7. The van der Waals surface area contributed by atoms with Crippen molar-refractivity contribution in [2.24, 2.45) is 0 Å². The molecule has 0 amide bonds. The first-order chi connectivity index (χ1) is 11.4. The summed E-state index contributed by atoms with van der Waals surface area (Å²) >= 11 is 0. The van der Waals surface area contributed by atoms with Crippen molar-refractivity contribution < 1.29 is 19.3 Å². The maximum atomic E-state index is 8.89. The van der Waals surface area contributed by atoms with Crippen LogP contribution < -0.4 is 0 Å². The molecule has 0 aromatic heterocycles. The van der Waals surface area contributed by atoms with Crippen LogP contribution in [0.25, 0.3) is 0 Å². The second kappa shape index (κ2) is 15.4. The molecule has 0 aliphatic carbocycles. The number of rotatable bonds is 16. The average molecular weight is 331 g/mol. The summed E-state index contributed by atoms with van der Waals surface area (Å²) < 4.78 is 16.3. The highest BCUT2D eigenvalue weighted by Gasteiger charge is 2.25. The summed E-state index contributed by atoms with van der Waals surface area (Å²) in [6.07, 6.45) is 15.9. The highest BCUT2D eigenvalue weighted by Crippen LogP contribution is 2.13. The van der Waals surface area contributed by atoms with E-state index in [0.29, 0.717) is 13.2 Å². The molecule has 0 radical (unpaired) electrons. The minimum Gasteiger partial charge on any atom is -0.391 e. The fourth-order valence-electron chi connectivity index (χ4n) is 2.95. The summed E-state index contributed by atoms with van der Waals surface area (Å²) in [5.74, 6) is 0. The predicted molar refractivity (Wildman–Crippen MR) is 93.6 cm³/mol. The molecule has 1 aliphatic rings. The van der Waals surface area contributed by atoms with Gasteiger partial charge in [0, 0.05) is 6.61 Å². The zero-order chi connectivity index (χ0) is 16.6. The molecule has 23 heavy (non-hydrogen) atoms. The second-order valence-corrected chi connectivity index (χ2v) is 6.67. The molecule has 1 heterocycles. The van der Waals surface area contributed by atoms with E-state index in [-0.39, 0.29) is 12.7 Å². The summed E-state index contributed by atoms with van der Waals surface area (Å²) in [5.41, 5.74) is 0. The second-order valence-electron chi connectivity index (χ2n) is 6.67. The molecule has 0 unspecified atom stereocenters. The monoisotopic (exact) mass is 330 g/mol. The van der Waals surface area contributed by atoms with Gasteiger partial charge in [-0.25, -0.2) is 0 Å². The molecule has 0 aromatic carbocycles. The molecular weight excluding hydrogens is 292 g/mol. The standard InChI is InChI=1S/C19H38O4/c1-2-3-4-5-6-7-8-9-10-11-12-13-14-21-16-18-17-22-19(15-20)23-18/h18-20H,2-17H2,1H3/t18-,19+/m0/s1. The van der Waals surface area contributed by atoms with E-state index < -0.39 is 6.29 Å². The molecule has 1 N–H and O–H groups in total. The summed E-state index contributed by atoms with van der Waals surface area (Å²) in [4.78, 5) is 0. The molecule has 0 saturated carbocycles. The Kier molecular flexibility index (Phi) is 14.0. The zero-order valence-corrected chi connectivity index (χ0v) is 15.1. The lowest BCUT2D eigenvalue weighted by Gasteiger charge is -2.10. The third kappa shape index (κ3) is 11.9. The van der Waals surface area contributed by atoms with E-state index >= 15 is 0 Å². The largest absolute Gasteiger partial charge is 0.391 e. The molecule has 138 valence electrons. The quantitative estimate of drug-likeness (QED) is 0.425. The van der Waals surface area contributed by atoms with Crippen LogP contribution in [0.2, 0.25) is 0 Å². The van der Waals surface area contributed by atoms with Gasteiger partial charge in [-0.1, -0.05) is 77.6 Å². The van der Waals surface area contributed by atoms with Crippen LogP contribution in [0.4, 0.5) is 0 Å². The van der Waals surface area contributed by atoms with Gasteiger partial charge in [0.05, 0.1) is 19.8 Å². The summed E-state index contributed by atoms with van der Waals surface area (Å²) in [6, 6.07) is 0. The van der Waals surface area contributed by atoms with Crippen molar-refractivity contribution in [2.45, 2.75) is 96.4 Å². The van der Waals surface area contributed by atoms with Crippen molar-refractivity contribution in [1.82, 2.24) is 0 Å². The number of unbranched alkanes of at least 4 members (excludes halogenated alkanes) is 11. The summed E-state index contributed by atoms with van der Waals surface area (Å²) in [7, 11) is 0. The van der Waals surface area contributed by atoms with Crippen molar-refractivity contribution in [3.8, 4) is 0 Å². The molecule has 1 fully saturated rings. The first kappa shape index (κ1) is 20.9. The number of aliphatic hydroxyl groups is 1. The first-order valence-corrected chi connectivity index (χ1v) is 9.82. The van der Waals surface area contributed by atoms with Crippen LogP contribution in [0, 0.1) is 0 Å². The summed E-state index contributed by atoms with van der Waals surface area (Å²) in [6.45, 7) is 4.11. The minimum atomic E-state index is -0.449. The fraction of sp³-hybridized carbons (Fsp3) is 1.00. The van der Waals surface area contributed by atoms with E-state index in [1.807, 2.05) is 0 Å². The summed E-state index contributed by atoms with van der Waals surface area (Å²) in [5, 5.41) is 8.89. The van der Waals surface area contributed by atoms with E-state index in [9.17, 15) is 0 Å². The van der Waals surface area contributed by atoms with Crippen LogP contribution in [0.3, 0.4) is 0 Å². The third-order valence-corrected chi connectivity index (χ3v) is 4.41. The Balaban J connectivity index is 1.70. The zero-order valence-electron chi connectivity index (χ0n) is 15.1. The van der Waals surface area contributed by atoms with Crippen molar-refractivity contribution in [1.29, 1.82) is 0 Å². The molecule has 0 spiro atoms. The van der Waals surface area contributed by atoms with Crippen LogP contribution in [-0.2, 0) is 14.2 Å². The van der Waals surface area contributed by atoms with Crippen molar-refractivity contribution >= 4 is 0 Å². The third-order valence-electron chi connectivity index (χ3n) is 4.41. The van der Waals surface area contributed by atoms with Crippen LogP contribution in [0.15, 0.2) is 0 Å². The van der Waals surface area contributed by atoms with E-state index in [2.05, 4.69) is 6.92 Å². The van der Waals surface area contributed by atoms with Crippen LogP contribution in [-0.4, -0.2) is 43.9 Å². The molecule has 2 atom stereocenters. The lowest BCUT2D eigenvalue weighted by molar-refractivity contribution is -0.0970. The van der Waals surface area contributed by atoms with Gasteiger partial charge >= 0.3 is 0 Å². The number of ether oxygens (including phenoxy) is 3. The van der Waals surface area contributed by atoms with Gasteiger partial charge in [-0.15, -0.1) is 0 Å².